The number of urea groups is 1. The predicted octanol–water partition coefficient (Wildman–Crippen LogP) is -0.427. The van der Waals surface area contributed by atoms with Gasteiger partial charge < -0.3 is 49.0 Å². The number of aliphatic hydroxyl groups is 1. The van der Waals surface area contributed by atoms with E-state index in [1.54, 1.807) is 24.3 Å². The summed E-state index contributed by atoms with van der Waals surface area (Å²) in [6.07, 6.45) is 6.80. The van der Waals surface area contributed by atoms with Crippen LogP contribution in [0.5, 0.6) is 0 Å². The molecule has 1 aliphatic heterocycles. The Balaban J connectivity index is 1.67. The first-order chi connectivity index (χ1) is 26.9. The highest BCUT2D eigenvalue weighted by Gasteiger charge is 2.47. The van der Waals surface area contributed by atoms with Crippen molar-refractivity contribution in [2.24, 2.45) is 40.5 Å². The van der Waals surface area contributed by atoms with Crippen LogP contribution < -0.4 is 34.0 Å². The number of hydrogen-bond donors (Lipinski definition) is 8. The van der Waals surface area contributed by atoms with Crippen LogP contribution in [0.2, 0.25) is 0 Å². The van der Waals surface area contributed by atoms with Gasteiger partial charge in [-0.25, -0.2) is 14.6 Å². The van der Waals surface area contributed by atoms with Crippen LogP contribution in [-0.2, 0) is 36.8 Å². The lowest BCUT2D eigenvalue weighted by Gasteiger charge is -2.42. The van der Waals surface area contributed by atoms with Crippen LogP contribution in [-0.4, -0.2) is 116 Å². The van der Waals surface area contributed by atoms with E-state index in [9.17, 15) is 33.9 Å². The highest BCUT2D eigenvalue weighted by atomic mass is 16.3. The summed E-state index contributed by atoms with van der Waals surface area (Å²) in [6, 6.07) is 1.50. The Morgan fingerprint density at radius 3 is 2.34 bits per heavy atom. The zero-order valence-electron chi connectivity index (χ0n) is 31.9. The topological polar surface area (TPSA) is 300 Å². The molecule has 13 N–H and O–H groups in total. The Kier molecular flexibility index (Phi) is 17.0. The fourth-order valence-electron chi connectivity index (χ4n) is 7.60. The van der Waals surface area contributed by atoms with Gasteiger partial charge in [0.15, 0.2) is 5.78 Å². The van der Waals surface area contributed by atoms with Gasteiger partial charge in [-0.2, -0.15) is 4.90 Å². The number of carbonyl (C=O) groups is 5. The number of amides is 5. The number of aromatic nitrogens is 2. The molecule has 2 unspecified atom stereocenters. The Hall–Kier alpha value is -4.61. The second-order valence-electron chi connectivity index (χ2n) is 15.0. The molecule has 1 aromatic carbocycles. The van der Waals surface area contributed by atoms with Crippen molar-refractivity contribution in [1.29, 1.82) is 0 Å². The molecule has 306 valence electrons. The van der Waals surface area contributed by atoms with E-state index in [0.717, 1.165) is 42.6 Å². The molecule has 17 heteroatoms. The van der Waals surface area contributed by atoms with E-state index in [-0.39, 0.29) is 56.8 Å². The van der Waals surface area contributed by atoms with E-state index in [4.69, 9.17) is 28.7 Å². The number of nitrogens with two attached hydrogens (primary N) is 5. The summed E-state index contributed by atoms with van der Waals surface area (Å²) in [7, 11) is 0. The first kappa shape index (κ1) is 44.1. The standard InChI is InChI=1S/C39H58N10O7/c40-14-7-12-29(42)38(55)49(34(52)19-33(51)30(43)16-24-8-3-1-4-9-24)39(56)48-15-13-26(20-41)28(22-50)35(48)36(53)32(18-27-21-45-23-46-27)47-37(54)31(44)17-25-10-5-2-6-11-25/h2,5-6,10-11,21,23-24,26,29-33,35,51H,1,3-4,7-9,12-20,40-44H2,(H,45,46)(H,47,54)/t26-,29+,30?,31+,32+,33+,35?/m1/s1. The number of carbonyl (C=O) groups excluding carboxylic acids is 6. The van der Waals surface area contributed by atoms with Gasteiger partial charge in [0.2, 0.25) is 11.8 Å². The first-order valence-corrected chi connectivity index (χ1v) is 19.5. The second kappa shape index (κ2) is 21.6. The van der Waals surface area contributed by atoms with Crippen LogP contribution in [0.3, 0.4) is 0 Å². The van der Waals surface area contributed by atoms with Gasteiger partial charge in [-0.1, -0.05) is 62.4 Å². The largest absolute Gasteiger partial charge is 0.391 e. The third kappa shape index (κ3) is 11.7. The van der Waals surface area contributed by atoms with Gasteiger partial charge in [-0.15, -0.1) is 0 Å². The zero-order valence-corrected chi connectivity index (χ0v) is 31.9. The molecule has 0 radical (unpaired) electrons. The number of H-pyrrole nitrogens is 1. The molecule has 7 atom stereocenters. The van der Waals surface area contributed by atoms with Crippen molar-refractivity contribution in [2.45, 2.75) is 113 Å². The number of benzene rings is 1. The van der Waals surface area contributed by atoms with Crippen molar-refractivity contribution in [3.05, 3.63) is 59.7 Å². The molecule has 1 aliphatic carbocycles. The molecule has 5 amide bonds. The van der Waals surface area contributed by atoms with Crippen molar-refractivity contribution in [2.75, 3.05) is 19.6 Å². The number of Topliss-reactive ketones (excluding diaryl/α,β-unsaturated/α-hetero) is 1. The van der Waals surface area contributed by atoms with Crippen molar-refractivity contribution >= 4 is 35.5 Å². The summed E-state index contributed by atoms with van der Waals surface area (Å²) >= 11 is 0. The molecule has 1 saturated heterocycles. The van der Waals surface area contributed by atoms with Crippen LogP contribution in [0.4, 0.5) is 4.79 Å². The molecule has 1 aromatic heterocycles. The minimum atomic E-state index is -1.71. The van der Waals surface area contributed by atoms with Gasteiger partial charge in [0.05, 0.1) is 37.0 Å². The highest BCUT2D eigenvalue weighted by molar-refractivity contribution is 6.13. The summed E-state index contributed by atoms with van der Waals surface area (Å²) in [5, 5.41) is 13.8. The van der Waals surface area contributed by atoms with E-state index >= 15 is 0 Å². The maximum Gasteiger partial charge on any atom is 0.334 e. The fourth-order valence-corrected chi connectivity index (χ4v) is 7.60. The fraction of sp³-hybridized carbons (Fsp3) is 0.590. The lowest BCUT2D eigenvalue weighted by atomic mass is 9.82. The van der Waals surface area contributed by atoms with Crippen LogP contribution in [0.15, 0.2) is 48.4 Å². The van der Waals surface area contributed by atoms with Gasteiger partial charge in [-0.05, 0) is 56.7 Å². The van der Waals surface area contributed by atoms with Crippen LogP contribution in [0.25, 0.3) is 0 Å². The summed E-state index contributed by atoms with van der Waals surface area (Å²) in [6.45, 7) is -0.0986. The molecular formula is C39H58N10O7. The number of nitrogens with zero attached hydrogens (tertiary/aromatic N) is 3. The highest BCUT2D eigenvalue weighted by Crippen LogP contribution is 2.31. The molecule has 17 nitrogen and oxygen atoms in total. The Bertz CT molecular complexity index is 1660. The number of ketones is 1. The lowest BCUT2D eigenvalue weighted by molar-refractivity contribution is -0.144. The van der Waals surface area contributed by atoms with Gasteiger partial charge >= 0.3 is 6.03 Å². The van der Waals surface area contributed by atoms with Crippen molar-refractivity contribution in [3.8, 4) is 0 Å². The van der Waals surface area contributed by atoms with E-state index in [1.165, 1.54) is 12.5 Å². The van der Waals surface area contributed by atoms with Crippen molar-refractivity contribution in [3.63, 3.8) is 0 Å². The average Bonchev–Trinajstić information content (AvgIpc) is 3.72. The molecule has 2 aromatic rings. The number of hydrogen-bond acceptors (Lipinski definition) is 13. The van der Waals surface area contributed by atoms with Gasteiger partial charge in [0.25, 0.3) is 5.91 Å². The second-order valence-corrected chi connectivity index (χ2v) is 15.0. The van der Waals surface area contributed by atoms with Crippen molar-refractivity contribution in [1.82, 2.24) is 25.1 Å². The zero-order chi connectivity index (χ0) is 40.8. The number of rotatable bonds is 18. The number of nitrogens with one attached hydrogen (secondary N) is 2. The minimum absolute atomic E-state index is 0.0365. The van der Waals surface area contributed by atoms with E-state index in [0.29, 0.717) is 23.4 Å². The minimum Gasteiger partial charge on any atom is -0.391 e. The molecule has 56 heavy (non-hydrogen) atoms. The first-order valence-electron chi connectivity index (χ1n) is 19.5. The molecule has 2 heterocycles. The summed E-state index contributed by atoms with van der Waals surface area (Å²) in [4.78, 5) is 91.7. The maximum absolute atomic E-state index is 14.8. The predicted molar refractivity (Wildman–Crippen MR) is 208 cm³/mol. The summed E-state index contributed by atoms with van der Waals surface area (Å²) < 4.78 is 0. The van der Waals surface area contributed by atoms with E-state index in [1.807, 2.05) is 12.0 Å². The molecule has 0 spiro atoms. The van der Waals surface area contributed by atoms with Crippen LogP contribution >= 0.6 is 0 Å². The number of imide groups is 3. The summed E-state index contributed by atoms with van der Waals surface area (Å²) in [5.74, 6) is -2.24. The van der Waals surface area contributed by atoms with Crippen LogP contribution in [0, 0.1) is 11.8 Å². The van der Waals surface area contributed by atoms with Gasteiger partial charge in [-0.3, -0.25) is 19.2 Å². The smallest absolute Gasteiger partial charge is 0.334 e. The van der Waals surface area contributed by atoms with Gasteiger partial charge in [0.1, 0.15) is 12.0 Å². The maximum atomic E-state index is 14.8. The Morgan fingerprint density at radius 2 is 1.71 bits per heavy atom. The Morgan fingerprint density at radius 1 is 1.00 bits per heavy atom. The monoisotopic (exact) mass is 778 g/mol. The number of likely N-dealkylation sites (tertiary alicyclic amines) is 1. The van der Waals surface area contributed by atoms with Gasteiger partial charge in [0, 0.05) is 42.4 Å². The lowest BCUT2D eigenvalue weighted by Crippen LogP contribution is -2.63. The number of imidazole rings is 1. The molecular weight excluding hydrogens is 720 g/mol. The number of piperidine rings is 1. The number of aromatic amines is 1. The molecule has 1 saturated carbocycles. The third-order valence-corrected chi connectivity index (χ3v) is 10.9. The summed E-state index contributed by atoms with van der Waals surface area (Å²) in [5.41, 5.74) is 31.5. The SMILES string of the molecule is NCCC[C@H](N)C(=O)N(C(=O)C[C@H](O)C(N)CC1CCCCC1)C(=O)N1CC[C@H](CN)C(=C=O)C1C(=O)[C@H](Cc1cnc[nH]1)NC(=O)[C@@H](N)Cc1ccccc1. The Labute approximate surface area is 327 Å². The quantitative estimate of drug-likeness (QED) is 0.0893. The molecule has 2 fully saturated rings. The third-order valence-electron chi connectivity index (χ3n) is 10.9. The van der Waals surface area contributed by atoms with E-state index in [2.05, 4.69) is 15.3 Å². The molecule has 0 bridgehead atoms. The molecule has 2 aliphatic rings. The normalized spacial score (nSPS) is 20.2. The van der Waals surface area contributed by atoms with Crippen molar-refractivity contribution < 1.29 is 33.9 Å². The number of aliphatic hydroxyl groups excluding tert-OH is 1. The van der Waals surface area contributed by atoms with Crippen LogP contribution in [0.1, 0.15) is 75.5 Å². The average molecular weight is 779 g/mol. The molecule has 4 rings (SSSR count). The van der Waals surface area contributed by atoms with E-state index < -0.39 is 78.2 Å².